The molecule has 0 saturated carbocycles. The van der Waals surface area contributed by atoms with Gasteiger partial charge < -0.3 is 4.74 Å². The minimum atomic E-state index is -0.263. The van der Waals surface area contributed by atoms with E-state index in [0.29, 0.717) is 12.2 Å². The summed E-state index contributed by atoms with van der Waals surface area (Å²) in [6.07, 6.45) is 0. The Kier molecular flexibility index (Phi) is 4.37. The highest BCUT2D eigenvalue weighted by Gasteiger charge is 2.13. The van der Waals surface area contributed by atoms with Crippen molar-refractivity contribution >= 4 is 44.5 Å². The fourth-order valence-corrected chi connectivity index (χ4v) is 2.19. The average Bonchev–Trinajstić information content (AvgIpc) is 2.11. The van der Waals surface area contributed by atoms with Crippen LogP contribution in [0.25, 0.3) is 0 Å². The molecule has 1 aromatic carbocycles. The monoisotopic (exact) mass is 368 g/mol. The van der Waals surface area contributed by atoms with E-state index in [2.05, 4.69) is 38.5 Å². The Bertz CT molecular complexity index is 363. The summed E-state index contributed by atoms with van der Waals surface area (Å²) in [5, 5.41) is 0. The van der Waals surface area contributed by atoms with Crippen molar-refractivity contribution in [2.45, 2.75) is 13.8 Å². The molecule has 4 heteroatoms. The quantitative estimate of drug-likeness (QED) is 0.589. The number of benzene rings is 1. The minimum absolute atomic E-state index is 0.263. The van der Waals surface area contributed by atoms with Gasteiger partial charge in [0.2, 0.25) is 0 Å². The molecular formula is C10H10BrIO2. The Labute approximate surface area is 105 Å². The molecule has 0 spiro atoms. The van der Waals surface area contributed by atoms with Crippen molar-refractivity contribution in [1.82, 2.24) is 0 Å². The maximum absolute atomic E-state index is 11.5. The van der Waals surface area contributed by atoms with Crippen molar-refractivity contribution in [3.8, 4) is 0 Å². The molecule has 0 N–H and O–H groups in total. The minimum Gasteiger partial charge on any atom is -0.462 e. The molecule has 0 saturated heterocycles. The molecule has 0 fully saturated rings. The first-order valence-corrected chi connectivity index (χ1v) is 6.06. The number of halogens is 2. The summed E-state index contributed by atoms with van der Waals surface area (Å²) in [6, 6.07) is 3.81. The first-order chi connectivity index (χ1) is 6.56. The van der Waals surface area contributed by atoms with Gasteiger partial charge in [0.05, 0.1) is 12.2 Å². The number of carbonyl (C=O) groups excluding carboxylic acids is 1. The van der Waals surface area contributed by atoms with Gasteiger partial charge in [-0.05, 0) is 70.1 Å². The first kappa shape index (κ1) is 12.0. The zero-order valence-electron chi connectivity index (χ0n) is 7.93. The van der Waals surface area contributed by atoms with Gasteiger partial charge >= 0.3 is 5.97 Å². The summed E-state index contributed by atoms with van der Waals surface area (Å²) in [4.78, 5) is 11.5. The Hall–Kier alpha value is -0.100. The summed E-state index contributed by atoms with van der Waals surface area (Å²) in [6.45, 7) is 4.15. The summed E-state index contributed by atoms with van der Waals surface area (Å²) in [5.41, 5.74) is 1.67. The molecule has 0 amide bonds. The lowest BCUT2D eigenvalue weighted by Gasteiger charge is -2.07. The molecule has 0 aliphatic carbocycles. The highest BCUT2D eigenvalue weighted by molar-refractivity contribution is 14.1. The average molecular weight is 369 g/mol. The van der Waals surface area contributed by atoms with E-state index in [-0.39, 0.29) is 5.97 Å². The lowest BCUT2D eigenvalue weighted by molar-refractivity contribution is 0.0525. The third kappa shape index (κ3) is 2.70. The molecule has 0 aromatic heterocycles. The van der Waals surface area contributed by atoms with Crippen LogP contribution in [0.4, 0.5) is 0 Å². The van der Waals surface area contributed by atoms with Crippen LogP contribution in [-0.2, 0) is 4.74 Å². The molecule has 0 aliphatic rings. The Morgan fingerprint density at radius 1 is 1.57 bits per heavy atom. The van der Waals surface area contributed by atoms with Gasteiger partial charge in [0.1, 0.15) is 0 Å². The zero-order chi connectivity index (χ0) is 10.7. The Morgan fingerprint density at radius 2 is 2.21 bits per heavy atom. The normalized spacial score (nSPS) is 10.0. The molecule has 14 heavy (non-hydrogen) atoms. The molecule has 0 bridgehead atoms. The van der Waals surface area contributed by atoms with Gasteiger partial charge in [-0.3, -0.25) is 0 Å². The maximum atomic E-state index is 11.5. The first-order valence-electron chi connectivity index (χ1n) is 4.19. The number of ether oxygens (including phenoxy) is 1. The van der Waals surface area contributed by atoms with Gasteiger partial charge in [0, 0.05) is 8.04 Å². The predicted octanol–water partition coefficient (Wildman–Crippen LogP) is 3.54. The molecule has 1 rings (SSSR count). The van der Waals surface area contributed by atoms with Crippen molar-refractivity contribution in [2.75, 3.05) is 6.61 Å². The molecule has 1 aromatic rings. The third-order valence-electron chi connectivity index (χ3n) is 1.67. The Balaban J connectivity index is 3.13. The van der Waals surface area contributed by atoms with E-state index < -0.39 is 0 Å². The number of rotatable bonds is 2. The number of hydrogen-bond donors (Lipinski definition) is 0. The lowest BCUT2D eigenvalue weighted by Crippen LogP contribution is -2.07. The van der Waals surface area contributed by atoms with Crippen molar-refractivity contribution < 1.29 is 9.53 Å². The second kappa shape index (κ2) is 5.11. The second-order valence-corrected chi connectivity index (χ2v) is 4.76. The molecule has 76 valence electrons. The standard InChI is InChI=1S/C10H10BrIO2/c1-3-14-10(13)7-4-6(2)5-8(11)9(7)12/h4-5H,3H2,1-2H3. The van der Waals surface area contributed by atoms with Gasteiger partial charge in [-0.25, -0.2) is 4.79 Å². The lowest BCUT2D eigenvalue weighted by atomic mass is 10.1. The molecule has 0 atom stereocenters. The van der Waals surface area contributed by atoms with Crippen LogP contribution in [0.5, 0.6) is 0 Å². The molecule has 0 unspecified atom stereocenters. The third-order valence-corrected chi connectivity index (χ3v) is 4.20. The highest BCUT2D eigenvalue weighted by Crippen LogP contribution is 2.25. The molecule has 0 aliphatic heterocycles. The van der Waals surface area contributed by atoms with E-state index in [0.717, 1.165) is 13.6 Å². The number of aryl methyl sites for hydroxylation is 1. The van der Waals surface area contributed by atoms with Gasteiger partial charge in [-0.15, -0.1) is 0 Å². The number of esters is 1. The van der Waals surface area contributed by atoms with Crippen molar-refractivity contribution in [3.63, 3.8) is 0 Å². The van der Waals surface area contributed by atoms with Crippen LogP contribution >= 0.6 is 38.5 Å². The SMILES string of the molecule is CCOC(=O)c1cc(C)cc(Br)c1I. The highest BCUT2D eigenvalue weighted by atomic mass is 127. The fourth-order valence-electron chi connectivity index (χ4n) is 1.08. The van der Waals surface area contributed by atoms with E-state index in [1.54, 1.807) is 6.92 Å². The van der Waals surface area contributed by atoms with E-state index >= 15 is 0 Å². The summed E-state index contributed by atoms with van der Waals surface area (Å²) >= 11 is 5.53. The van der Waals surface area contributed by atoms with Crippen LogP contribution in [0, 0.1) is 10.5 Å². The van der Waals surface area contributed by atoms with E-state index in [1.807, 2.05) is 19.1 Å². The van der Waals surface area contributed by atoms with Crippen LogP contribution < -0.4 is 0 Å². The van der Waals surface area contributed by atoms with Crippen LogP contribution in [0.15, 0.2) is 16.6 Å². The molecule has 2 nitrogen and oxygen atoms in total. The summed E-state index contributed by atoms with van der Waals surface area (Å²) < 4.78 is 6.78. The fraction of sp³-hybridized carbons (Fsp3) is 0.300. The van der Waals surface area contributed by atoms with Crippen LogP contribution in [0.2, 0.25) is 0 Å². The van der Waals surface area contributed by atoms with Crippen molar-refractivity contribution in [1.29, 1.82) is 0 Å². The van der Waals surface area contributed by atoms with Crippen molar-refractivity contribution in [2.24, 2.45) is 0 Å². The predicted molar refractivity (Wildman–Crippen MR) is 67.6 cm³/mol. The molecular weight excluding hydrogens is 359 g/mol. The van der Waals surface area contributed by atoms with Crippen LogP contribution in [0.3, 0.4) is 0 Å². The molecule has 0 heterocycles. The van der Waals surface area contributed by atoms with Gasteiger partial charge in [-0.2, -0.15) is 0 Å². The largest absolute Gasteiger partial charge is 0.462 e. The Morgan fingerprint density at radius 3 is 2.79 bits per heavy atom. The number of carbonyl (C=O) groups is 1. The topological polar surface area (TPSA) is 26.3 Å². The van der Waals surface area contributed by atoms with Crippen LogP contribution in [-0.4, -0.2) is 12.6 Å². The van der Waals surface area contributed by atoms with E-state index in [9.17, 15) is 4.79 Å². The van der Waals surface area contributed by atoms with Crippen LogP contribution in [0.1, 0.15) is 22.8 Å². The van der Waals surface area contributed by atoms with Gasteiger partial charge in [-0.1, -0.05) is 0 Å². The zero-order valence-corrected chi connectivity index (χ0v) is 11.7. The summed E-state index contributed by atoms with van der Waals surface area (Å²) in [7, 11) is 0. The van der Waals surface area contributed by atoms with Gasteiger partial charge in [0.15, 0.2) is 0 Å². The van der Waals surface area contributed by atoms with Crippen molar-refractivity contribution in [3.05, 3.63) is 31.3 Å². The second-order valence-electron chi connectivity index (χ2n) is 2.83. The molecule has 0 radical (unpaired) electrons. The van der Waals surface area contributed by atoms with E-state index in [1.165, 1.54) is 0 Å². The summed E-state index contributed by atoms with van der Waals surface area (Å²) in [5.74, 6) is -0.263. The number of hydrogen-bond acceptors (Lipinski definition) is 2. The maximum Gasteiger partial charge on any atom is 0.339 e. The smallest absolute Gasteiger partial charge is 0.339 e. The van der Waals surface area contributed by atoms with Gasteiger partial charge in [0.25, 0.3) is 0 Å². The van der Waals surface area contributed by atoms with E-state index in [4.69, 9.17) is 4.74 Å².